The molecule has 1 amide bonds. The van der Waals surface area contributed by atoms with Crippen LogP contribution in [0.2, 0.25) is 0 Å². The van der Waals surface area contributed by atoms with Crippen LogP contribution in [0.5, 0.6) is 0 Å². The van der Waals surface area contributed by atoms with Gasteiger partial charge < -0.3 is 10.0 Å². The number of carboxylic acids is 1. The Morgan fingerprint density at radius 1 is 1.07 bits per heavy atom. The van der Waals surface area contributed by atoms with Crippen LogP contribution in [0.4, 0.5) is 0 Å². The lowest BCUT2D eigenvalue weighted by atomic mass is 10.1. The molecule has 2 heterocycles. The van der Waals surface area contributed by atoms with Crippen molar-refractivity contribution < 1.29 is 14.7 Å². The first-order valence-corrected chi connectivity index (χ1v) is 10.3. The lowest BCUT2D eigenvalue weighted by Gasteiger charge is -2.35. The smallest absolute Gasteiger partial charge is 0.335 e. The number of nitrogens with zero attached hydrogens (tertiary/aromatic N) is 3. The van der Waals surface area contributed by atoms with Crippen LogP contribution in [-0.4, -0.2) is 58.1 Å². The summed E-state index contributed by atoms with van der Waals surface area (Å²) in [7, 11) is 0. The molecule has 2 aromatic carbocycles. The number of aliphatic imine (C=N–C) groups is 1. The minimum absolute atomic E-state index is 0.200. The predicted octanol–water partition coefficient (Wildman–Crippen LogP) is 3.17. The van der Waals surface area contributed by atoms with Crippen molar-refractivity contribution >= 4 is 34.9 Å². The Balaban J connectivity index is 1.36. The molecule has 0 aromatic heterocycles. The van der Waals surface area contributed by atoms with Crippen molar-refractivity contribution in [2.45, 2.75) is 6.54 Å². The summed E-state index contributed by atoms with van der Waals surface area (Å²) in [6.45, 7) is 4.42. The van der Waals surface area contributed by atoms with E-state index in [-0.39, 0.29) is 11.5 Å². The molecule has 0 aliphatic carbocycles. The zero-order valence-electron chi connectivity index (χ0n) is 15.8. The Morgan fingerprint density at radius 3 is 2.55 bits per heavy atom. The van der Waals surface area contributed by atoms with Gasteiger partial charge in [0.15, 0.2) is 5.17 Å². The maximum absolute atomic E-state index is 12.3. The van der Waals surface area contributed by atoms with Crippen molar-refractivity contribution in [1.29, 1.82) is 0 Å². The summed E-state index contributed by atoms with van der Waals surface area (Å²) in [5, 5.41) is 9.85. The van der Waals surface area contributed by atoms with Gasteiger partial charge in [-0.1, -0.05) is 42.5 Å². The van der Waals surface area contributed by atoms with E-state index in [1.54, 1.807) is 24.3 Å². The van der Waals surface area contributed by atoms with E-state index in [4.69, 9.17) is 5.11 Å². The van der Waals surface area contributed by atoms with Crippen LogP contribution in [0.25, 0.3) is 6.08 Å². The number of piperazine rings is 1. The molecule has 7 heteroatoms. The summed E-state index contributed by atoms with van der Waals surface area (Å²) in [6, 6.07) is 17.0. The van der Waals surface area contributed by atoms with Gasteiger partial charge in [0, 0.05) is 32.7 Å². The number of carbonyl (C=O) groups is 2. The highest BCUT2D eigenvalue weighted by molar-refractivity contribution is 8.18. The number of hydrogen-bond acceptors (Lipinski definition) is 5. The zero-order chi connectivity index (χ0) is 20.2. The van der Waals surface area contributed by atoms with Crippen LogP contribution in [0.1, 0.15) is 21.5 Å². The summed E-state index contributed by atoms with van der Waals surface area (Å²) in [6.07, 6.45) is 1.71. The quantitative estimate of drug-likeness (QED) is 0.785. The van der Waals surface area contributed by atoms with Crippen molar-refractivity contribution in [3.63, 3.8) is 0 Å². The summed E-state index contributed by atoms with van der Waals surface area (Å²) in [5.74, 6) is -1.25. The summed E-state index contributed by atoms with van der Waals surface area (Å²) >= 11 is 1.36. The molecule has 148 valence electrons. The average Bonchev–Trinajstić information content (AvgIpc) is 3.10. The van der Waals surface area contributed by atoms with E-state index in [9.17, 15) is 9.59 Å². The minimum atomic E-state index is -0.985. The number of rotatable bonds is 4. The van der Waals surface area contributed by atoms with Crippen molar-refractivity contribution in [2.75, 3.05) is 26.2 Å². The lowest BCUT2D eigenvalue weighted by molar-refractivity contribution is -0.113. The first kappa shape index (κ1) is 19.4. The SMILES string of the molecule is O=C1N=C(N2CCN(Cc3ccccc3)CC2)SC1=Cc1cccc(C(=O)O)c1. The third kappa shape index (κ3) is 4.75. The molecule has 6 nitrogen and oxygen atoms in total. The van der Waals surface area contributed by atoms with E-state index in [0.717, 1.165) is 37.9 Å². The van der Waals surface area contributed by atoms with E-state index in [1.165, 1.54) is 23.4 Å². The van der Waals surface area contributed by atoms with E-state index < -0.39 is 5.97 Å². The number of amidine groups is 1. The molecule has 2 aromatic rings. The maximum Gasteiger partial charge on any atom is 0.335 e. The highest BCUT2D eigenvalue weighted by atomic mass is 32.2. The highest BCUT2D eigenvalue weighted by Gasteiger charge is 2.28. The van der Waals surface area contributed by atoms with Crippen LogP contribution in [0.15, 0.2) is 64.5 Å². The van der Waals surface area contributed by atoms with Gasteiger partial charge in [-0.15, -0.1) is 0 Å². The Bertz CT molecular complexity index is 980. The minimum Gasteiger partial charge on any atom is -0.478 e. The van der Waals surface area contributed by atoms with Gasteiger partial charge in [0.05, 0.1) is 10.5 Å². The lowest BCUT2D eigenvalue weighted by Crippen LogP contribution is -2.47. The molecule has 2 aliphatic heterocycles. The van der Waals surface area contributed by atoms with Crippen LogP contribution in [-0.2, 0) is 11.3 Å². The first-order chi connectivity index (χ1) is 14.1. The molecular formula is C22H21N3O3S. The van der Waals surface area contributed by atoms with Crippen molar-refractivity contribution in [1.82, 2.24) is 9.80 Å². The molecule has 29 heavy (non-hydrogen) atoms. The molecule has 0 atom stereocenters. The molecule has 0 saturated carbocycles. The van der Waals surface area contributed by atoms with Crippen LogP contribution >= 0.6 is 11.8 Å². The molecule has 1 N–H and O–H groups in total. The van der Waals surface area contributed by atoms with Crippen molar-refractivity contribution in [2.24, 2.45) is 4.99 Å². The van der Waals surface area contributed by atoms with Gasteiger partial charge in [0.25, 0.3) is 5.91 Å². The molecule has 4 rings (SSSR count). The van der Waals surface area contributed by atoms with Gasteiger partial charge in [-0.3, -0.25) is 9.69 Å². The number of carboxylic acid groups (broad SMARTS) is 1. The summed E-state index contributed by atoms with van der Waals surface area (Å²) < 4.78 is 0. The predicted molar refractivity (Wildman–Crippen MR) is 115 cm³/mol. The summed E-state index contributed by atoms with van der Waals surface area (Å²) in [5.41, 5.74) is 2.19. The first-order valence-electron chi connectivity index (χ1n) is 9.46. The largest absolute Gasteiger partial charge is 0.478 e. The molecule has 0 bridgehead atoms. The van der Waals surface area contributed by atoms with Crippen LogP contribution < -0.4 is 0 Å². The fourth-order valence-electron chi connectivity index (χ4n) is 3.38. The number of aromatic carboxylic acids is 1. The molecule has 0 unspecified atom stereocenters. The monoisotopic (exact) mass is 407 g/mol. The number of thioether (sulfide) groups is 1. The Hall–Kier alpha value is -2.90. The fourth-order valence-corrected chi connectivity index (χ4v) is 4.35. The third-order valence-electron chi connectivity index (χ3n) is 4.93. The van der Waals surface area contributed by atoms with E-state index in [0.29, 0.717) is 10.5 Å². The maximum atomic E-state index is 12.3. The second kappa shape index (κ2) is 8.63. The molecule has 1 fully saturated rings. The van der Waals surface area contributed by atoms with E-state index in [1.807, 2.05) is 6.07 Å². The van der Waals surface area contributed by atoms with Gasteiger partial charge in [-0.05, 0) is 41.1 Å². The fraction of sp³-hybridized carbons (Fsp3) is 0.227. The average molecular weight is 407 g/mol. The number of carbonyl (C=O) groups excluding carboxylic acids is 1. The Labute approximate surface area is 173 Å². The van der Waals surface area contributed by atoms with Crippen molar-refractivity contribution in [3.8, 4) is 0 Å². The normalized spacial score (nSPS) is 18.9. The number of amides is 1. The second-order valence-corrected chi connectivity index (χ2v) is 8.00. The Kier molecular flexibility index (Phi) is 5.78. The second-order valence-electron chi connectivity index (χ2n) is 6.99. The molecule has 0 spiro atoms. The standard InChI is InChI=1S/C22H21N3O3S/c26-20-19(14-17-7-4-8-18(13-17)21(27)28)29-22(23-20)25-11-9-24(10-12-25)15-16-5-2-1-3-6-16/h1-8,13-14H,9-12,15H2,(H,27,28). The summed E-state index contributed by atoms with van der Waals surface area (Å²) in [4.78, 5) is 32.8. The van der Waals surface area contributed by atoms with E-state index >= 15 is 0 Å². The topological polar surface area (TPSA) is 73.2 Å². The third-order valence-corrected chi connectivity index (χ3v) is 5.98. The van der Waals surface area contributed by atoms with Crippen LogP contribution in [0.3, 0.4) is 0 Å². The van der Waals surface area contributed by atoms with Gasteiger partial charge >= 0.3 is 5.97 Å². The van der Waals surface area contributed by atoms with Gasteiger partial charge in [0.2, 0.25) is 0 Å². The van der Waals surface area contributed by atoms with Crippen molar-refractivity contribution in [3.05, 3.63) is 76.2 Å². The van der Waals surface area contributed by atoms with Gasteiger partial charge in [0.1, 0.15) is 0 Å². The zero-order valence-corrected chi connectivity index (χ0v) is 16.6. The van der Waals surface area contributed by atoms with Gasteiger partial charge in [-0.25, -0.2) is 4.79 Å². The van der Waals surface area contributed by atoms with E-state index in [2.05, 4.69) is 39.1 Å². The highest BCUT2D eigenvalue weighted by Crippen LogP contribution is 2.31. The molecular weight excluding hydrogens is 386 g/mol. The molecule has 1 saturated heterocycles. The number of benzene rings is 2. The van der Waals surface area contributed by atoms with Gasteiger partial charge in [-0.2, -0.15) is 4.99 Å². The molecule has 2 aliphatic rings. The number of hydrogen-bond donors (Lipinski definition) is 1. The Morgan fingerprint density at radius 2 is 1.83 bits per heavy atom. The molecule has 0 radical (unpaired) electrons. The van der Waals surface area contributed by atoms with Crippen LogP contribution in [0, 0.1) is 0 Å².